The minimum Gasteiger partial charge on any atom is -0.508 e. The number of thiazole rings is 1. The molecule has 7 heteroatoms. The molecule has 1 fully saturated rings. The molecule has 0 radical (unpaired) electrons. The highest BCUT2D eigenvalue weighted by Gasteiger charge is 2.26. The van der Waals surface area contributed by atoms with Crippen molar-refractivity contribution in [1.29, 1.82) is 0 Å². The number of piperidine rings is 1. The molecule has 3 heterocycles. The summed E-state index contributed by atoms with van der Waals surface area (Å²) in [7, 11) is 0. The fourth-order valence-electron chi connectivity index (χ4n) is 5.38. The molecule has 3 aromatic carbocycles. The summed E-state index contributed by atoms with van der Waals surface area (Å²) in [5.74, 6) is -0.0746. The Morgan fingerprint density at radius 3 is 2.97 bits per heavy atom. The number of carbonyl (C=O) groups excluding carboxylic acids is 1. The van der Waals surface area contributed by atoms with Crippen LogP contribution in [0.3, 0.4) is 0 Å². The number of fused-ring (bicyclic) bond motifs is 2. The van der Waals surface area contributed by atoms with Gasteiger partial charge in [0.15, 0.2) is 5.78 Å². The Balaban J connectivity index is 1.16. The number of ketones is 1. The van der Waals surface area contributed by atoms with Crippen molar-refractivity contribution in [2.75, 3.05) is 13.1 Å². The summed E-state index contributed by atoms with van der Waals surface area (Å²) in [6.07, 6.45) is 2.38. The molecule has 1 aromatic heterocycles. The Morgan fingerprint density at radius 2 is 2.08 bits per heavy atom. The number of hydrogen-bond donors (Lipinski definition) is 1. The maximum atomic E-state index is 14.2. The lowest BCUT2D eigenvalue weighted by atomic mass is 9.89. The number of aromatic hydroxyl groups is 1. The normalized spacial score (nSPS) is 17.8. The lowest BCUT2D eigenvalue weighted by Gasteiger charge is -2.32. The number of benzene rings is 3. The number of likely N-dealkylation sites (tertiary alicyclic amines) is 1. The van der Waals surface area contributed by atoms with Crippen LogP contribution in [0.5, 0.6) is 5.75 Å². The van der Waals surface area contributed by atoms with Crippen LogP contribution < -0.4 is 0 Å². The van der Waals surface area contributed by atoms with Gasteiger partial charge in [0.05, 0.1) is 28.0 Å². The van der Waals surface area contributed by atoms with Crippen LogP contribution in [-0.4, -0.2) is 39.6 Å². The number of hydrogen-bond acceptors (Lipinski definition) is 6. The van der Waals surface area contributed by atoms with Crippen LogP contribution in [0.1, 0.15) is 51.9 Å². The van der Waals surface area contributed by atoms with E-state index in [2.05, 4.69) is 22.0 Å². The Morgan fingerprint density at radius 1 is 1.17 bits per heavy atom. The standard InChI is InChI=1S/C29H26FN3O2S/c30-24-4-1-5-26(34)23(24)16-33-10-2-3-18(15-33)11-27(35)19-6-7-21-14-31-29(22(21)12-19)20-8-9-25-28(13-20)36-17-32-25/h1,4-9,12-13,17-18,34H,2-3,10-11,14-16H2/t18-/m0/s1. The summed E-state index contributed by atoms with van der Waals surface area (Å²) < 4.78 is 15.3. The summed E-state index contributed by atoms with van der Waals surface area (Å²) >= 11 is 1.61. The third-order valence-corrected chi connectivity index (χ3v) is 8.04. The molecule has 1 N–H and O–H groups in total. The molecular formula is C29H26FN3O2S. The maximum Gasteiger partial charge on any atom is 0.163 e. The number of nitrogens with zero attached hydrogens (tertiary/aromatic N) is 3. The second-order valence-electron chi connectivity index (χ2n) is 9.68. The molecule has 0 aliphatic carbocycles. The molecule has 1 atom stereocenters. The average molecular weight is 500 g/mol. The number of phenols is 1. The summed E-state index contributed by atoms with van der Waals surface area (Å²) in [6, 6.07) is 16.5. The van der Waals surface area contributed by atoms with Gasteiger partial charge in [0.1, 0.15) is 11.6 Å². The van der Waals surface area contributed by atoms with E-state index in [0.717, 1.165) is 52.0 Å². The number of phenolic OH excluding ortho intramolecular Hbond substituents is 1. The van der Waals surface area contributed by atoms with Crippen molar-refractivity contribution in [3.8, 4) is 5.75 Å². The molecule has 0 saturated carbocycles. The van der Waals surface area contributed by atoms with Gasteiger partial charge in [-0.1, -0.05) is 24.3 Å². The third kappa shape index (κ3) is 4.45. The Hall–Kier alpha value is -3.42. The van der Waals surface area contributed by atoms with E-state index in [-0.39, 0.29) is 17.5 Å². The zero-order chi connectivity index (χ0) is 24.6. The Bertz CT molecular complexity index is 1470. The van der Waals surface area contributed by atoms with Crippen molar-refractivity contribution >= 4 is 33.0 Å². The summed E-state index contributed by atoms with van der Waals surface area (Å²) in [4.78, 5) is 24.6. The summed E-state index contributed by atoms with van der Waals surface area (Å²) in [5.41, 5.74) is 8.03. The molecular weight excluding hydrogens is 473 g/mol. The van der Waals surface area contributed by atoms with Gasteiger partial charge in [0.2, 0.25) is 0 Å². The maximum absolute atomic E-state index is 14.2. The first-order chi connectivity index (χ1) is 17.5. The quantitative estimate of drug-likeness (QED) is 0.332. The van der Waals surface area contributed by atoms with Crippen LogP contribution in [0.15, 0.2) is 65.1 Å². The number of halogens is 1. The molecule has 4 aromatic rings. The van der Waals surface area contributed by atoms with Crippen LogP contribution in [0, 0.1) is 11.7 Å². The molecule has 36 heavy (non-hydrogen) atoms. The van der Waals surface area contributed by atoms with E-state index < -0.39 is 5.82 Å². The second kappa shape index (κ2) is 9.56. The topological polar surface area (TPSA) is 65.8 Å². The van der Waals surface area contributed by atoms with Gasteiger partial charge in [-0.2, -0.15) is 0 Å². The van der Waals surface area contributed by atoms with Crippen LogP contribution in [0.2, 0.25) is 0 Å². The van der Waals surface area contributed by atoms with Crippen LogP contribution >= 0.6 is 11.3 Å². The first kappa shape index (κ1) is 23.0. The van der Waals surface area contributed by atoms with Gasteiger partial charge in [-0.05, 0) is 61.2 Å². The fourth-order valence-corrected chi connectivity index (χ4v) is 6.09. The lowest BCUT2D eigenvalue weighted by Crippen LogP contribution is -2.36. The SMILES string of the molecule is O=C(C[C@@H]1CCCN(Cc2c(O)cccc2F)C1)c1ccc2c(c1)C(c1ccc3ncsc3c1)=NC2. The van der Waals surface area contributed by atoms with Crippen molar-refractivity contribution < 1.29 is 14.3 Å². The van der Waals surface area contributed by atoms with Gasteiger partial charge in [-0.3, -0.25) is 14.7 Å². The highest BCUT2D eigenvalue weighted by molar-refractivity contribution is 7.16. The van der Waals surface area contributed by atoms with Gasteiger partial charge in [0, 0.05) is 41.8 Å². The van der Waals surface area contributed by atoms with Crippen molar-refractivity contribution in [3.05, 3.63) is 93.7 Å². The van der Waals surface area contributed by atoms with E-state index >= 15 is 0 Å². The van der Waals surface area contributed by atoms with Gasteiger partial charge in [-0.15, -0.1) is 11.3 Å². The molecule has 182 valence electrons. The predicted octanol–water partition coefficient (Wildman–Crippen LogP) is 5.98. The van der Waals surface area contributed by atoms with Crippen molar-refractivity contribution in [1.82, 2.24) is 9.88 Å². The molecule has 0 bridgehead atoms. The molecule has 0 unspecified atom stereocenters. The van der Waals surface area contributed by atoms with E-state index in [9.17, 15) is 14.3 Å². The number of aromatic nitrogens is 1. The smallest absolute Gasteiger partial charge is 0.163 e. The Kier molecular flexibility index (Phi) is 6.11. The van der Waals surface area contributed by atoms with Crippen molar-refractivity contribution in [2.45, 2.75) is 32.4 Å². The molecule has 2 aliphatic heterocycles. The molecule has 2 aliphatic rings. The molecule has 0 spiro atoms. The highest BCUT2D eigenvalue weighted by Crippen LogP contribution is 2.30. The van der Waals surface area contributed by atoms with Crippen LogP contribution in [-0.2, 0) is 13.1 Å². The summed E-state index contributed by atoms with van der Waals surface area (Å²) in [6.45, 7) is 2.53. The number of aliphatic imine (C=N–C) groups is 1. The summed E-state index contributed by atoms with van der Waals surface area (Å²) in [5, 5.41) is 10.1. The number of carbonyl (C=O) groups is 1. The van der Waals surface area contributed by atoms with Gasteiger partial charge < -0.3 is 5.11 Å². The third-order valence-electron chi connectivity index (χ3n) is 7.25. The Labute approximate surface area is 213 Å². The van der Waals surface area contributed by atoms with E-state index in [1.807, 2.05) is 29.8 Å². The van der Waals surface area contributed by atoms with Crippen molar-refractivity contribution in [3.63, 3.8) is 0 Å². The minimum atomic E-state index is -0.390. The lowest BCUT2D eigenvalue weighted by molar-refractivity contribution is 0.0911. The van der Waals surface area contributed by atoms with E-state index in [0.29, 0.717) is 37.2 Å². The number of rotatable bonds is 6. The molecule has 6 rings (SSSR count). The first-order valence-electron chi connectivity index (χ1n) is 12.3. The molecule has 1 saturated heterocycles. The zero-order valence-corrected chi connectivity index (χ0v) is 20.6. The molecule has 0 amide bonds. The van der Waals surface area contributed by atoms with Crippen LogP contribution in [0.25, 0.3) is 10.2 Å². The van der Waals surface area contributed by atoms with E-state index in [4.69, 9.17) is 4.99 Å². The minimum absolute atomic E-state index is 0.0155. The van der Waals surface area contributed by atoms with E-state index in [1.165, 1.54) is 18.2 Å². The van der Waals surface area contributed by atoms with Gasteiger partial charge in [-0.25, -0.2) is 9.37 Å². The average Bonchev–Trinajstić information content (AvgIpc) is 3.52. The second-order valence-corrected chi connectivity index (χ2v) is 10.6. The fraction of sp³-hybridized carbons (Fsp3) is 0.276. The van der Waals surface area contributed by atoms with Crippen molar-refractivity contribution in [2.24, 2.45) is 10.9 Å². The largest absolute Gasteiger partial charge is 0.508 e. The van der Waals surface area contributed by atoms with Gasteiger partial charge >= 0.3 is 0 Å². The van der Waals surface area contributed by atoms with Gasteiger partial charge in [0.25, 0.3) is 0 Å². The number of Topliss-reactive ketones (excluding diaryl/α,β-unsaturated/α-hetero) is 1. The zero-order valence-electron chi connectivity index (χ0n) is 19.8. The predicted molar refractivity (Wildman–Crippen MR) is 140 cm³/mol. The molecule has 5 nitrogen and oxygen atoms in total. The first-order valence-corrected chi connectivity index (χ1v) is 13.2. The van der Waals surface area contributed by atoms with Crippen LogP contribution in [0.4, 0.5) is 4.39 Å². The monoisotopic (exact) mass is 499 g/mol. The van der Waals surface area contributed by atoms with E-state index in [1.54, 1.807) is 11.3 Å². The highest BCUT2D eigenvalue weighted by atomic mass is 32.1.